The second-order valence-electron chi connectivity index (χ2n) is 3.42. The number of aromatic nitrogens is 1. The number of nitrogens with zero attached hydrogens (tertiary/aromatic N) is 1. The molecule has 1 aromatic rings. The zero-order valence-corrected chi connectivity index (χ0v) is 9.30. The largest absolute Gasteiger partial charge is 0.397 e. The van der Waals surface area contributed by atoms with E-state index < -0.39 is 15.1 Å². The fourth-order valence-electron chi connectivity index (χ4n) is 0.949. The Hall–Kier alpha value is -1.10. The molecule has 0 aromatic carbocycles. The highest BCUT2D eigenvalue weighted by Crippen LogP contribution is 2.16. The van der Waals surface area contributed by atoms with Crippen molar-refractivity contribution in [3.63, 3.8) is 0 Å². The minimum Gasteiger partial charge on any atom is -0.397 e. The maximum absolute atomic E-state index is 11.7. The van der Waals surface area contributed by atoms with E-state index in [1.54, 1.807) is 26.8 Å². The van der Waals surface area contributed by atoms with E-state index in [1.165, 1.54) is 6.07 Å². The van der Waals surface area contributed by atoms with Gasteiger partial charge in [0.25, 0.3) is 0 Å². The third-order valence-corrected chi connectivity index (χ3v) is 4.06. The number of hydrogen-bond acceptors (Lipinski definition) is 4. The van der Waals surface area contributed by atoms with Crippen LogP contribution in [0.25, 0.3) is 0 Å². The van der Waals surface area contributed by atoms with Gasteiger partial charge in [0.2, 0.25) is 0 Å². The summed E-state index contributed by atoms with van der Waals surface area (Å²) >= 11 is 0. The lowest BCUT2D eigenvalue weighted by Crippen LogP contribution is -2.16. The molecule has 5 heteroatoms. The first-order chi connectivity index (χ1) is 6.35. The van der Waals surface area contributed by atoms with Crippen molar-refractivity contribution in [2.24, 2.45) is 0 Å². The zero-order chi connectivity index (χ0) is 10.9. The van der Waals surface area contributed by atoms with Crippen LogP contribution >= 0.6 is 0 Å². The Morgan fingerprint density at radius 1 is 1.36 bits per heavy atom. The molecule has 0 aliphatic heterocycles. The summed E-state index contributed by atoms with van der Waals surface area (Å²) in [4.78, 5) is 3.95. The Morgan fingerprint density at radius 2 is 1.93 bits per heavy atom. The Morgan fingerprint density at radius 3 is 2.36 bits per heavy atom. The molecular weight excluding hydrogens is 200 g/mol. The monoisotopic (exact) mass is 214 g/mol. The van der Waals surface area contributed by atoms with Gasteiger partial charge in [-0.15, -0.1) is 0 Å². The molecule has 14 heavy (non-hydrogen) atoms. The summed E-state index contributed by atoms with van der Waals surface area (Å²) < 4.78 is 23.4. The molecule has 2 N–H and O–H groups in total. The SMILES string of the molecule is Cc1nc(S(=O)(=O)C(C)C)ccc1N. The van der Waals surface area contributed by atoms with Crippen LogP contribution in [-0.2, 0) is 9.84 Å². The van der Waals surface area contributed by atoms with E-state index >= 15 is 0 Å². The molecule has 0 radical (unpaired) electrons. The predicted molar refractivity (Wildman–Crippen MR) is 55.7 cm³/mol. The number of pyridine rings is 1. The Bertz CT molecular complexity index is 438. The predicted octanol–water partition coefficient (Wildman–Crippen LogP) is 1.15. The first-order valence-corrected chi connectivity index (χ1v) is 5.87. The van der Waals surface area contributed by atoms with Crippen LogP contribution in [0.2, 0.25) is 0 Å². The summed E-state index contributed by atoms with van der Waals surface area (Å²) in [6.45, 7) is 4.94. The summed E-state index contributed by atoms with van der Waals surface area (Å²) in [5.41, 5.74) is 6.61. The van der Waals surface area contributed by atoms with Crippen molar-refractivity contribution in [1.29, 1.82) is 0 Å². The maximum atomic E-state index is 11.7. The number of aryl methyl sites for hydroxylation is 1. The number of sulfone groups is 1. The van der Waals surface area contributed by atoms with Crippen molar-refractivity contribution in [1.82, 2.24) is 4.98 Å². The lowest BCUT2D eigenvalue weighted by Gasteiger charge is -2.08. The maximum Gasteiger partial charge on any atom is 0.197 e. The van der Waals surface area contributed by atoms with E-state index in [1.807, 2.05) is 0 Å². The van der Waals surface area contributed by atoms with E-state index in [-0.39, 0.29) is 5.03 Å². The number of hydrogen-bond donors (Lipinski definition) is 1. The molecule has 0 amide bonds. The van der Waals surface area contributed by atoms with E-state index in [4.69, 9.17) is 5.73 Å². The van der Waals surface area contributed by atoms with Crippen LogP contribution in [0.15, 0.2) is 17.2 Å². The lowest BCUT2D eigenvalue weighted by atomic mass is 10.3. The molecule has 0 atom stereocenters. The number of anilines is 1. The standard InChI is InChI=1S/C9H14N2O2S/c1-6(2)14(12,13)9-5-4-8(10)7(3)11-9/h4-6H,10H2,1-3H3. The van der Waals surface area contributed by atoms with Crippen LogP contribution in [-0.4, -0.2) is 18.7 Å². The first-order valence-electron chi connectivity index (χ1n) is 4.32. The highest BCUT2D eigenvalue weighted by atomic mass is 32.2. The zero-order valence-electron chi connectivity index (χ0n) is 8.48. The van der Waals surface area contributed by atoms with Crippen molar-refractivity contribution in [2.45, 2.75) is 31.0 Å². The highest BCUT2D eigenvalue weighted by Gasteiger charge is 2.20. The van der Waals surface area contributed by atoms with Gasteiger partial charge in [-0.1, -0.05) is 0 Å². The summed E-state index contributed by atoms with van der Waals surface area (Å²) in [6, 6.07) is 3.01. The molecule has 0 bridgehead atoms. The summed E-state index contributed by atoms with van der Waals surface area (Å²) in [5.74, 6) is 0. The quantitative estimate of drug-likeness (QED) is 0.801. The molecule has 0 unspecified atom stereocenters. The van der Waals surface area contributed by atoms with E-state index in [0.29, 0.717) is 11.4 Å². The van der Waals surface area contributed by atoms with Crippen LogP contribution in [0.3, 0.4) is 0 Å². The van der Waals surface area contributed by atoms with Gasteiger partial charge < -0.3 is 5.73 Å². The van der Waals surface area contributed by atoms with E-state index in [0.717, 1.165) is 0 Å². The molecule has 0 spiro atoms. The van der Waals surface area contributed by atoms with Gasteiger partial charge >= 0.3 is 0 Å². The molecule has 1 rings (SSSR count). The third-order valence-electron chi connectivity index (χ3n) is 2.01. The second-order valence-corrected chi connectivity index (χ2v) is 5.87. The molecule has 0 aliphatic rings. The van der Waals surface area contributed by atoms with Gasteiger partial charge in [-0.3, -0.25) is 0 Å². The van der Waals surface area contributed by atoms with Gasteiger partial charge in [-0.25, -0.2) is 13.4 Å². The number of rotatable bonds is 2. The van der Waals surface area contributed by atoms with Gasteiger partial charge in [-0.2, -0.15) is 0 Å². The Labute approximate surface area is 84.1 Å². The average Bonchev–Trinajstić information content (AvgIpc) is 2.09. The minimum atomic E-state index is -3.28. The normalized spacial score (nSPS) is 12.0. The molecule has 4 nitrogen and oxygen atoms in total. The topological polar surface area (TPSA) is 73.0 Å². The molecule has 1 aromatic heterocycles. The molecule has 0 saturated heterocycles. The smallest absolute Gasteiger partial charge is 0.197 e. The van der Waals surface area contributed by atoms with Crippen LogP contribution in [0.1, 0.15) is 19.5 Å². The molecule has 78 valence electrons. The molecule has 0 aliphatic carbocycles. The Kier molecular flexibility index (Phi) is 2.80. The van der Waals surface area contributed by atoms with Gasteiger partial charge in [0, 0.05) is 0 Å². The summed E-state index contributed by atoms with van der Waals surface area (Å²) in [6.07, 6.45) is 0. The fourth-order valence-corrected chi connectivity index (χ4v) is 1.95. The van der Waals surface area contributed by atoms with E-state index in [2.05, 4.69) is 4.98 Å². The van der Waals surface area contributed by atoms with Crippen molar-refractivity contribution in [3.8, 4) is 0 Å². The van der Waals surface area contributed by atoms with Crippen LogP contribution < -0.4 is 5.73 Å². The molecular formula is C9H14N2O2S. The summed E-state index contributed by atoms with van der Waals surface area (Å²) in [5, 5.41) is -0.364. The number of nitrogens with two attached hydrogens (primary N) is 1. The van der Waals surface area contributed by atoms with Crippen LogP contribution in [0, 0.1) is 6.92 Å². The average molecular weight is 214 g/mol. The molecule has 1 heterocycles. The lowest BCUT2D eigenvalue weighted by molar-refractivity contribution is 0.583. The van der Waals surface area contributed by atoms with Crippen molar-refractivity contribution >= 4 is 15.5 Å². The van der Waals surface area contributed by atoms with Crippen LogP contribution in [0.5, 0.6) is 0 Å². The third kappa shape index (κ3) is 1.87. The van der Waals surface area contributed by atoms with Crippen molar-refractivity contribution < 1.29 is 8.42 Å². The Balaban J connectivity index is 3.29. The second kappa shape index (κ2) is 3.57. The van der Waals surface area contributed by atoms with Gasteiger partial charge in [-0.05, 0) is 32.9 Å². The summed E-state index contributed by atoms with van der Waals surface area (Å²) in [7, 11) is -3.28. The van der Waals surface area contributed by atoms with Crippen molar-refractivity contribution in [3.05, 3.63) is 17.8 Å². The minimum absolute atomic E-state index is 0.0965. The first kappa shape index (κ1) is 11.0. The van der Waals surface area contributed by atoms with E-state index in [9.17, 15) is 8.42 Å². The van der Waals surface area contributed by atoms with Gasteiger partial charge in [0.05, 0.1) is 16.6 Å². The molecule has 0 fully saturated rings. The van der Waals surface area contributed by atoms with Gasteiger partial charge in [0.1, 0.15) is 0 Å². The highest BCUT2D eigenvalue weighted by molar-refractivity contribution is 7.91. The fraction of sp³-hybridized carbons (Fsp3) is 0.444. The van der Waals surface area contributed by atoms with Gasteiger partial charge in [0.15, 0.2) is 14.9 Å². The molecule has 0 saturated carbocycles. The van der Waals surface area contributed by atoms with Crippen molar-refractivity contribution in [2.75, 3.05) is 5.73 Å². The van der Waals surface area contributed by atoms with Crippen LogP contribution in [0.4, 0.5) is 5.69 Å². The number of nitrogen functional groups attached to an aromatic ring is 1.